The van der Waals surface area contributed by atoms with Gasteiger partial charge in [0.05, 0.1) is 5.52 Å². The number of likely N-dealkylation sites (tertiary alicyclic amines) is 2. The smallest absolute Gasteiger partial charge is 0.364 e. The number of halogens is 3. The van der Waals surface area contributed by atoms with Gasteiger partial charge in [0.25, 0.3) is 5.56 Å². The molecular formula is C39H48F3N8O8P. The Morgan fingerprint density at radius 3 is 2.36 bits per heavy atom. The van der Waals surface area contributed by atoms with E-state index in [1.807, 2.05) is 30.3 Å². The lowest BCUT2D eigenvalue weighted by molar-refractivity contribution is -0.191. The summed E-state index contributed by atoms with van der Waals surface area (Å²) in [6, 6.07) is 12.2. The number of hydrogen-bond acceptors (Lipinski definition) is 10. The summed E-state index contributed by atoms with van der Waals surface area (Å²) in [6.07, 6.45) is -0.639. The molecule has 0 aliphatic carbocycles. The number of piperazine rings is 1. The fraction of sp³-hybridized carbons (Fsp3) is 0.513. The average molecular weight is 845 g/mol. The van der Waals surface area contributed by atoms with E-state index >= 15 is 0 Å². The van der Waals surface area contributed by atoms with Crippen LogP contribution in [0, 0.1) is 6.92 Å². The molecular weight excluding hydrogens is 796 g/mol. The molecule has 20 heteroatoms. The number of aromatic amines is 1. The number of carbonyl (C=O) groups excluding carboxylic acids is 3. The number of aromatic nitrogens is 3. The number of hydrogen-bond donors (Lipinski definition) is 3. The number of rotatable bonds is 10. The highest BCUT2D eigenvalue weighted by molar-refractivity contribution is 7.48. The summed E-state index contributed by atoms with van der Waals surface area (Å²) >= 11 is 0. The fourth-order valence-electron chi connectivity index (χ4n) is 8.36. The largest absolute Gasteiger partial charge is 0.531 e. The summed E-state index contributed by atoms with van der Waals surface area (Å²) in [4.78, 5) is 73.2. The predicted octanol–water partition coefficient (Wildman–Crippen LogP) is 4.10. The SMILES string of the molecule is Cc1cc(C[C@@H](NC(=O)N2CCC(c3cc4ccccc4[nH]c3=O)CC2)C(=O)N2CCN(C3CCN(C)CC3)CC2)cc2cn(COP(=O)(O)OC(=O)C(F)(F)F)nc12. The van der Waals surface area contributed by atoms with E-state index in [0.29, 0.717) is 72.7 Å². The standard InChI is InChI=1S/C39H48F3N8O8P/c1-25-19-26(20-29-23-50(45-34(25)29)24-57-59(55,56)58-37(53)39(40,41)42)21-33(36(52)48-17-15-47(16-18-48)30-9-11-46(2)12-10-30)44-38(54)49-13-7-27(8-14-49)31-22-28-5-3-4-6-32(28)43-35(31)51/h3-6,19-20,22-23,27,30,33H,7-18,21,24H2,1-2H3,(H,43,51)(H,44,54)(H,55,56)/t33-/m1/s1. The molecule has 2 aromatic carbocycles. The number of alkyl halides is 3. The molecule has 318 valence electrons. The number of H-pyrrole nitrogens is 1. The molecule has 16 nitrogen and oxygen atoms in total. The molecule has 2 aromatic heterocycles. The Hall–Kier alpha value is -4.81. The molecule has 59 heavy (non-hydrogen) atoms. The summed E-state index contributed by atoms with van der Waals surface area (Å²) in [5.41, 5.74) is 3.09. The van der Waals surface area contributed by atoms with Crippen molar-refractivity contribution in [1.29, 1.82) is 0 Å². The summed E-state index contributed by atoms with van der Waals surface area (Å²) < 4.78 is 58.9. The van der Waals surface area contributed by atoms with Gasteiger partial charge < -0.3 is 29.5 Å². The quantitative estimate of drug-likeness (QED) is 0.196. The lowest BCUT2D eigenvalue weighted by Gasteiger charge is -2.43. The highest BCUT2D eigenvalue weighted by Gasteiger charge is 2.45. The van der Waals surface area contributed by atoms with Crippen molar-refractivity contribution < 1.29 is 46.1 Å². The van der Waals surface area contributed by atoms with Crippen molar-refractivity contribution in [3.8, 4) is 0 Å². The predicted molar refractivity (Wildman–Crippen MR) is 210 cm³/mol. The van der Waals surface area contributed by atoms with Crippen LogP contribution in [0.25, 0.3) is 21.8 Å². The van der Waals surface area contributed by atoms with E-state index < -0.39 is 32.7 Å². The zero-order valence-corrected chi connectivity index (χ0v) is 33.7. The average Bonchev–Trinajstić information content (AvgIpc) is 3.63. The third-order valence-corrected chi connectivity index (χ3v) is 12.4. The Balaban J connectivity index is 1.04. The van der Waals surface area contributed by atoms with E-state index in [2.05, 4.69) is 41.3 Å². The number of piperidine rings is 2. The molecule has 3 amide bonds. The Kier molecular flexibility index (Phi) is 12.5. The summed E-state index contributed by atoms with van der Waals surface area (Å²) in [5, 5.41) is 8.79. The number of benzene rings is 2. The van der Waals surface area contributed by atoms with Gasteiger partial charge in [-0.2, -0.15) is 18.3 Å². The first-order chi connectivity index (χ1) is 28.0. The normalized spacial score (nSPS) is 19.5. The van der Waals surface area contributed by atoms with Crippen LogP contribution in [0.3, 0.4) is 0 Å². The molecule has 3 N–H and O–H groups in total. The van der Waals surface area contributed by atoms with Crippen LogP contribution >= 0.6 is 7.82 Å². The first kappa shape index (κ1) is 42.3. The van der Waals surface area contributed by atoms with Gasteiger partial charge in [-0.05, 0) is 93.4 Å². The van der Waals surface area contributed by atoms with E-state index in [-0.39, 0.29) is 29.8 Å². The van der Waals surface area contributed by atoms with Crippen molar-refractivity contribution >= 4 is 47.5 Å². The lowest BCUT2D eigenvalue weighted by atomic mass is 9.89. The molecule has 5 heterocycles. The highest BCUT2D eigenvalue weighted by Crippen LogP contribution is 2.45. The summed E-state index contributed by atoms with van der Waals surface area (Å²) in [6.45, 7) is 6.27. The van der Waals surface area contributed by atoms with E-state index in [4.69, 9.17) is 0 Å². The number of carbonyl (C=O) groups is 3. The highest BCUT2D eigenvalue weighted by atomic mass is 31.2. The monoisotopic (exact) mass is 844 g/mol. The van der Waals surface area contributed by atoms with Gasteiger partial charge in [0.1, 0.15) is 6.04 Å². The Labute approximate surface area is 337 Å². The van der Waals surface area contributed by atoms with Crippen molar-refractivity contribution in [2.45, 2.75) is 69.9 Å². The van der Waals surface area contributed by atoms with Gasteiger partial charge in [-0.3, -0.25) is 23.9 Å². The van der Waals surface area contributed by atoms with Crippen LogP contribution in [0.15, 0.2) is 53.5 Å². The third-order valence-electron chi connectivity index (χ3n) is 11.6. The van der Waals surface area contributed by atoms with Crippen LogP contribution in [0.1, 0.15) is 48.3 Å². The number of pyridine rings is 1. The van der Waals surface area contributed by atoms with Crippen molar-refractivity contribution in [2.24, 2.45) is 0 Å². The van der Waals surface area contributed by atoms with Crippen molar-refractivity contribution in [1.82, 2.24) is 39.7 Å². The minimum atomic E-state index is -5.49. The second-order valence-corrected chi connectivity index (χ2v) is 17.0. The number of nitrogens with zero attached hydrogens (tertiary/aromatic N) is 6. The maximum absolute atomic E-state index is 14.3. The zero-order chi connectivity index (χ0) is 42.1. The summed E-state index contributed by atoms with van der Waals surface area (Å²) in [5.74, 6) is -3.12. The van der Waals surface area contributed by atoms with Gasteiger partial charge in [-0.25, -0.2) is 18.8 Å². The number of amides is 3. The van der Waals surface area contributed by atoms with Gasteiger partial charge in [0.2, 0.25) is 5.91 Å². The lowest BCUT2D eigenvalue weighted by Crippen LogP contribution is -2.59. The van der Waals surface area contributed by atoms with Crippen LogP contribution < -0.4 is 10.9 Å². The van der Waals surface area contributed by atoms with Crippen molar-refractivity contribution in [3.63, 3.8) is 0 Å². The van der Waals surface area contributed by atoms with Gasteiger partial charge in [-0.1, -0.05) is 24.3 Å². The third kappa shape index (κ3) is 10.1. The van der Waals surface area contributed by atoms with Gasteiger partial charge in [-0.15, -0.1) is 0 Å². The number of urea groups is 1. The van der Waals surface area contributed by atoms with Crippen LogP contribution in [0.4, 0.5) is 18.0 Å². The maximum atomic E-state index is 14.3. The Morgan fingerprint density at radius 1 is 0.966 bits per heavy atom. The molecule has 3 aliphatic heterocycles. The summed E-state index contributed by atoms with van der Waals surface area (Å²) in [7, 11) is -3.31. The molecule has 0 spiro atoms. The van der Waals surface area contributed by atoms with Gasteiger partial charge >= 0.3 is 26.0 Å². The number of nitrogens with one attached hydrogen (secondary N) is 2. The second kappa shape index (κ2) is 17.4. The Bertz CT molecular complexity index is 2300. The molecule has 0 saturated carbocycles. The van der Waals surface area contributed by atoms with E-state index in [0.717, 1.165) is 54.6 Å². The topological polar surface area (TPSA) is 183 Å². The maximum Gasteiger partial charge on any atom is 0.531 e. The molecule has 3 fully saturated rings. The van der Waals surface area contributed by atoms with Crippen LogP contribution in [0.5, 0.6) is 0 Å². The molecule has 1 unspecified atom stereocenters. The van der Waals surface area contributed by atoms with E-state index in [9.17, 15) is 41.8 Å². The Morgan fingerprint density at radius 2 is 1.66 bits per heavy atom. The molecule has 7 rings (SSSR count). The molecule has 0 radical (unpaired) electrons. The molecule has 4 aromatic rings. The van der Waals surface area contributed by atoms with E-state index in [1.165, 1.54) is 6.20 Å². The van der Waals surface area contributed by atoms with Crippen molar-refractivity contribution in [3.05, 3.63) is 75.7 Å². The zero-order valence-electron chi connectivity index (χ0n) is 32.8. The molecule has 3 saturated heterocycles. The molecule has 0 bridgehead atoms. The van der Waals surface area contributed by atoms with Crippen LogP contribution in [-0.2, 0) is 36.4 Å². The van der Waals surface area contributed by atoms with Crippen LogP contribution in [0.2, 0.25) is 0 Å². The van der Waals surface area contributed by atoms with Gasteiger partial charge in [0, 0.05) is 74.4 Å². The van der Waals surface area contributed by atoms with Crippen molar-refractivity contribution in [2.75, 3.05) is 59.4 Å². The molecule has 2 atom stereocenters. The minimum absolute atomic E-state index is 0.0362. The van der Waals surface area contributed by atoms with E-state index in [1.54, 1.807) is 28.9 Å². The first-order valence-corrected chi connectivity index (χ1v) is 21.2. The fourth-order valence-corrected chi connectivity index (χ4v) is 8.99. The number of aryl methyl sites for hydroxylation is 1. The molecule has 3 aliphatic rings. The van der Waals surface area contributed by atoms with Crippen LogP contribution in [-0.4, -0.2) is 135 Å². The number of fused-ring (bicyclic) bond motifs is 2. The second-order valence-electron chi connectivity index (χ2n) is 15.6. The number of phosphoric acid groups is 1. The number of para-hydroxylation sites is 1. The minimum Gasteiger partial charge on any atom is -0.364 e. The number of phosphoric ester groups is 1. The first-order valence-electron chi connectivity index (χ1n) is 19.7. The van der Waals surface area contributed by atoms with Gasteiger partial charge in [0.15, 0.2) is 6.73 Å².